The molecule has 0 saturated carbocycles. The molecule has 2 aromatic rings. The van der Waals surface area contributed by atoms with Crippen molar-refractivity contribution in [3.8, 4) is 0 Å². The molecule has 0 spiro atoms. The molecule has 1 amide bonds. The highest BCUT2D eigenvalue weighted by atomic mass is 35.5. The third kappa shape index (κ3) is 3.12. The minimum absolute atomic E-state index is 0.171. The molecule has 1 N–H and O–H groups in total. The standard InChI is InChI=1S/C16H15Cl2N3O3/c1-2-24-16(23)14-10-8-21(6-5-13(10)19-20-14)15(22)9-3-4-11(17)12(18)7-9/h3-4,7H,2,5-6,8H2,1H3,(H,19,20). The summed E-state index contributed by atoms with van der Waals surface area (Å²) >= 11 is 11.9. The number of amides is 1. The van der Waals surface area contributed by atoms with Crippen molar-refractivity contribution >= 4 is 35.1 Å². The molecule has 0 bridgehead atoms. The molecule has 0 radical (unpaired) electrons. The van der Waals surface area contributed by atoms with Crippen LogP contribution in [0.3, 0.4) is 0 Å². The van der Waals surface area contributed by atoms with E-state index in [4.69, 9.17) is 27.9 Å². The Morgan fingerprint density at radius 2 is 2.12 bits per heavy atom. The van der Waals surface area contributed by atoms with Crippen LogP contribution in [0.1, 0.15) is 39.0 Å². The van der Waals surface area contributed by atoms with Gasteiger partial charge < -0.3 is 9.64 Å². The number of fused-ring (bicyclic) bond motifs is 1. The number of halogens is 2. The first-order chi connectivity index (χ1) is 11.5. The van der Waals surface area contributed by atoms with E-state index in [1.165, 1.54) is 0 Å². The van der Waals surface area contributed by atoms with E-state index in [-0.39, 0.29) is 12.5 Å². The molecule has 0 atom stereocenters. The van der Waals surface area contributed by atoms with Crippen molar-refractivity contribution in [1.29, 1.82) is 0 Å². The highest BCUT2D eigenvalue weighted by molar-refractivity contribution is 6.42. The molecular formula is C16H15Cl2N3O3. The van der Waals surface area contributed by atoms with Crippen molar-refractivity contribution in [1.82, 2.24) is 15.1 Å². The zero-order valence-electron chi connectivity index (χ0n) is 12.9. The lowest BCUT2D eigenvalue weighted by molar-refractivity contribution is 0.0513. The van der Waals surface area contributed by atoms with E-state index >= 15 is 0 Å². The van der Waals surface area contributed by atoms with Gasteiger partial charge in [-0.3, -0.25) is 9.89 Å². The normalized spacial score (nSPS) is 13.5. The van der Waals surface area contributed by atoms with Crippen molar-refractivity contribution in [2.75, 3.05) is 13.2 Å². The maximum absolute atomic E-state index is 12.7. The number of carbonyl (C=O) groups is 2. The second-order valence-corrected chi connectivity index (χ2v) is 6.16. The Labute approximate surface area is 148 Å². The first kappa shape index (κ1) is 16.8. The average Bonchev–Trinajstić information content (AvgIpc) is 3.00. The third-order valence-electron chi connectivity index (χ3n) is 3.85. The molecule has 0 aliphatic carbocycles. The molecule has 8 heteroatoms. The number of nitrogens with zero attached hydrogens (tertiary/aromatic N) is 2. The summed E-state index contributed by atoms with van der Waals surface area (Å²) < 4.78 is 5.02. The Morgan fingerprint density at radius 1 is 1.33 bits per heavy atom. The second-order valence-electron chi connectivity index (χ2n) is 5.35. The lowest BCUT2D eigenvalue weighted by Gasteiger charge is -2.27. The van der Waals surface area contributed by atoms with Gasteiger partial charge in [0.25, 0.3) is 5.91 Å². The fourth-order valence-corrected chi connectivity index (χ4v) is 2.95. The molecule has 1 aliphatic rings. The van der Waals surface area contributed by atoms with Gasteiger partial charge in [-0.2, -0.15) is 5.10 Å². The summed E-state index contributed by atoms with van der Waals surface area (Å²) in [5.74, 6) is -0.634. The van der Waals surface area contributed by atoms with Crippen molar-refractivity contribution in [3.63, 3.8) is 0 Å². The monoisotopic (exact) mass is 367 g/mol. The van der Waals surface area contributed by atoms with Crippen molar-refractivity contribution in [2.45, 2.75) is 19.9 Å². The minimum atomic E-state index is -0.463. The number of rotatable bonds is 3. The van der Waals surface area contributed by atoms with Gasteiger partial charge in [0, 0.05) is 24.1 Å². The zero-order chi connectivity index (χ0) is 17.3. The molecule has 0 fully saturated rings. The SMILES string of the molecule is CCOC(=O)c1[nH]nc2c1CN(C(=O)c1ccc(Cl)c(Cl)c1)CC2. The van der Waals surface area contributed by atoms with Crippen LogP contribution >= 0.6 is 23.2 Å². The van der Waals surface area contributed by atoms with E-state index in [2.05, 4.69) is 10.2 Å². The first-order valence-corrected chi connectivity index (χ1v) is 8.24. The molecule has 0 saturated heterocycles. The van der Waals surface area contributed by atoms with E-state index in [1.807, 2.05) is 0 Å². The molecule has 1 aliphatic heterocycles. The molecule has 6 nitrogen and oxygen atoms in total. The Hall–Kier alpha value is -2.05. The predicted molar refractivity (Wildman–Crippen MR) is 89.5 cm³/mol. The zero-order valence-corrected chi connectivity index (χ0v) is 14.4. The van der Waals surface area contributed by atoms with Gasteiger partial charge in [0.2, 0.25) is 0 Å². The Kier molecular flexibility index (Phi) is 4.78. The Bertz CT molecular complexity index is 804. The van der Waals surface area contributed by atoms with Crippen LogP contribution in [0.4, 0.5) is 0 Å². The fraction of sp³-hybridized carbons (Fsp3) is 0.312. The van der Waals surface area contributed by atoms with Gasteiger partial charge >= 0.3 is 5.97 Å². The average molecular weight is 368 g/mol. The maximum Gasteiger partial charge on any atom is 0.356 e. The van der Waals surface area contributed by atoms with Gasteiger partial charge in [-0.05, 0) is 25.1 Å². The number of carbonyl (C=O) groups excluding carboxylic acids is 2. The second kappa shape index (κ2) is 6.83. The molecule has 3 rings (SSSR count). The molecule has 0 unspecified atom stereocenters. The van der Waals surface area contributed by atoms with Crippen molar-refractivity contribution in [2.24, 2.45) is 0 Å². The summed E-state index contributed by atoms with van der Waals surface area (Å²) in [6.45, 7) is 2.82. The molecule has 2 heterocycles. The van der Waals surface area contributed by atoms with Crippen LogP contribution in [-0.2, 0) is 17.7 Å². The lowest BCUT2D eigenvalue weighted by atomic mass is 10.0. The van der Waals surface area contributed by atoms with E-state index in [0.29, 0.717) is 46.4 Å². The topological polar surface area (TPSA) is 75.3 Å². The summed E-state index contributed by atoms with van der Waals surface area (Å²) in [7, 11) is 0. The molecule has 24 heavy (non-hydrogen) atoms. The van der Waals surface area contributed by atoms with Crippen LogP contribution < -0.4 is 0 Å². The number of hydrogen-bond acceptors (Lipinski definition) is 4. The van der Waals surface area contributed by atoms with Gasteiger partial charge in [0.05, 0.1) is 28.9 Å². The lowest BCUT2D eigenvalue weighted by Crippen LogP contribution is -2.36. The Morgan fingerprint density at radius 3 is 2.83 bits per heavy atom. The smallest absolute Gasteiger partial charge is 0.356 e. The van der Waals surface area contributed by atoms with Crippen molar-refractivity contribution < 1.29 is 14.3 Å². The summed E-state index contributed by atoms with van der Waals surface area (Å²) in [6.07, 6.45) is 0.568. The van der Waals surface area contributed by atoms with Crippen LogP contribution in [0.5, 0.6) is 0 Å². The third-order valence-corrected chi connectivity index (χ3v) is 4.59. The Balaban J connectivity index is 1.83. The number of H-pyrrole nitrogens is 1. The number of ether oxygens (including phenoxy) is 1. The van der Waals surface area contributed by atoms with Crippen molar-refractivity contribution in [3.05, 3.63) is 50.8 Å². The highest BCUT2D eigenvalue weighted by Gasteiger charge is 2.28. The van der Waals surface area contributed by atoms with Gasteiger partial charge in [-0.15, -0.1) is 0 Å². The number of benzene rings is 1. The van der Waals surface area contributed by atoms with E-state index in [9.17, 15) is 9.59 Å². The number of aromatic amines is 1. The van der Waals surface area contributed by atoms with Crippen LogP contribution in [0.2, 0.25) is 10.0 Å². The molecule has 1 aromatic heterocycles. The van der Waals surface area contributed by atoms with E-state index in [1.54, 1.807) is 30.0 Å². The molecular weight excluding hydrogens is 353 g/mol. The maximum atomic E-state index is 12.7. The highest BCUT2D eigenvalue weighted by Crippen LogP contribution is 2.26. The van der Waals surface area contributed by atoms with Crippen LogP contribution in [-0.4, -0.2) is 40.1 Å². The number of esters is 1. The first-order valence-electron chi connectivity index (χ1n) is 7.48. The summed E-state index contributed by atoms with van der Waals surface area (Å²) in [5, 5.41) is 7.59. The van der Waals surface area contributed by atoms with Gasteiger partial charge in [0.15, 0.2) is 0 Å². The summed E-state index contributed by atoms with van der Waals surface area (Å²) in [6, 6.07) is 4.77. The summed E-state index contributed by atoms with van der Waals surface area (Å²) in [5.41, 5.74) is 2.25. The minimum Gasteiger partial charge on any atom is -0.461 e. The summed E-state index contributed by atoms with van der Waals surface area (Å²) in [4.78, 5) is 26.3. The largest absolute Gasteiger partial charge is 0.461 e. The van der Waals surface area contributed by atoms with Crippen LogP contribution in [0.25, 0.3) is 0 Å². The fourth-order valence-electron chi connectivity index (χ4n) is 2.65. The quantitative estimate of drug-likeness (QED) is 0.845. The van der Waals surface area contributed by atoms with E-state index < -0.39 is 5.97 Å². The molecule has 126 valence electrons. The number of hydrogen-bond donors (Lipinski definition) is 1. The van der Waals surface area contributed by atoms with Gasteiger partial charge in [-0.25, -0.2) is 4.79 Å². The van der Waals surface area contributed by atoms with Crippen LogP contribution in [0.15, 0.2) is 18.2 Å². The predicted octanol–water partition coefficient (Wildman–Crippen LogP) is 3.09. The van der Waals surface area contributed by atoms with E-state index in [0.717, 1.165) is 5.69 Å². The number of nitrogens with one attached hydrogen (secondary N) is 1. The van der Waals surface area contributed by atoms with Crippen LogP contribution in [0, 0.1) is 0 Å². The molecule has 1 aromatic carbocycles. The number of aromatic nitrogens is 2. The van der Waals surface area contributed by atoms with Gasteiger partial charge in [0.1, 0.15) is 5.69 Å². The van der Waals surface area contributed by atoms with Gasteiger partial charge in [-0.1, -0.05) is 23.2 Å².